The molecule has 0 saturated heterocycles. The summed E-state index contributed by atoms with van der Waals surface area (Å²) in [5.41, 5.74) is 0.624. The highest BCUT2D eigenvalue weighted by Crippen LogP contribution is 2.07. The maximum Gasteiger partial charge on any atom is 0.253 e. The molecule has 1 aromatic rings. The summed E-state index contributed by atoms with van der Waals surface area (Å²) < 4.78 is 0. The third-order valence-electron chi connectivity index (χ3n) is 2.48. The van der Waals surface area contributed by atoms with E-state index >= 15 is 0 Å². The SMILES string of the molecule is CC(C)CCC(C)NC(=O)c1cccnc1. The number of hydrogen-bond acceptors (Lipinski definition) is 2. The van der Waals surface area contributed by atoms with Gasteiger partial charge in [0.1, 0.15) is 0 Å². The maximum atomic E-state index is 11.7. The summed E-state index contributed by atoms with van der Waals surface area (Å²) >= 11 is 0. The first-order chi connectivity index (χ1) is 7.59. The van der Waals surface area contributed by atoms with Crippen LogP contribution in [-0.4, -0.2) is 16.9 Å². The Morgan fingerprint density at radius 2 is 2.12 bits per heavy atom. The molecule has 88 valence electrons. The van der Waals surface area contributed by atoms with Gasteiger partial charge in [0.25, 0.3) is 5.91 Å². The van der Waals surface area contributed by atoms with E-state index in [1.165, 1.54) is 0 Å². The van der Waals surface area contributed by atoms with Gasteiger partial charge in [0, 0.05) is 18.4 Å². The van der Waals surface area contributed by atoms with Gasteiger partial charge in [-0.05, 0) is 37.8 Å². The quantitative estimate of drug-likeness (QED) is 0.828. The van der Waals surface area contributed by atoms with Crippen LogP contribution in [0.4, 0.5) is 0 Å². The van der Waals surface area contributed by atoms with Crippen LogP contribution in [0.3, 0.4) is 0 Å². The van der Waals surface area contributed by atoms with Crippen molar-refractivity contribution in [1.29, 1.82) is 0 Å². The van der Waals surface area contributed by atoms with Gasteiger partial charge in [-0.25, -0.2) is 0 Å². The summed E-state index contributed by atoms with van der Waals surface area (Å²) in [6.07, 6.45) is 5.40. The van der Waals surface area contributed by atoms with Gasteiger partial charge in [-0.2, -0.15) is 0 Å². The molecule has 0 aliphatic rings. The molecule has 1 atom stereocenters. The highest BCUT2D eigenvalue weighted by Gasteiger charge is 2.09. The molecular weight excluding hydrogens is 200 g/mol. The average Bonchev–Trinajstić information content (AvgIpc) is 2.27. The molecule has 0 radical (unpaired) electrons. The normalized spacial score (nSPS) is 12.5. The van der Waals surface area contributed by atoms with Crippen LogP contribution in [0.25, 0.3) is 0 Å². The Labute approximate surface area is 97.3 Å². The van der Waals surface area contributed by atoms with Gasteiger partial charge in [0.15, 0.2) is 0 Å². The predicted molar refractivity (Wildman–Crippen MR) is 65.2 cm³/mol. The second-order valence-electron chi connectivity index (χ2n) is 4.59. The van der Waals surface area contributed by atoms with Crippen LogP contribution < -0.4 is 5.32 Å². The summed E-state index contributed by atoms with van der Waals surface area (Å²) in [4.78, 5) is 15.7. The first-order valence-electron chi connectivity index (χ1n) is 5.80. The molecule has 0 aliphatic carbocycles. The predicted octanol–water partition coefficient (Wildman–Crippen LogP) is 2.64. The Hall–Kier alpha value is -1.38. The Balaban J connectivity index is 2.40. The van der Waals surface area contributed by atoms with Gasteiger partial charge in [-0.15, -0.1) is 0 Å². The lowest BCUT2D eigenvalue weighted by atomic mass is 10.0. The molecule has 1 heterocycles. The van der Waals surface area contributed by atoms with E-state index in [-0.39, 0.29) is 11.9 Å². The van der Waals surface area contributed by atoms with Crippen LogP contribution in [0.1, 0.15) is 44.0 Å². The van der Waals surface area contributed by atoms with Crippen LogP contribution in [-0.2, 0) is 0 Å². The number of rotatable bonds is 5. The summed E-state index contributed by atoms with van der Waals surface area (Å²) in [6.45, 7) is 6.42. The molecule has 0 aromatic carbocycles. The fourth-order valence-electron chi connectivity index (χ4n) is 1.46. The minimum Gasteiger partial charge on any atom is -0.350 e. The van der Waals surface area contributed by atoms with Gasteiger partial charge >= 0.3 is 0 Å². The molecule has 1 rings (SSSR count). The van der Waals surface area contributed by atoms with E-state index < -0.39 is 0 Å². The zero-order chi connectivity index (χ0) is 12.0. The number of amides is 1. The van der Waals surface area contributed by atoms with E-state index in [2.05, 4.69) is 24.1 Å². The number of hydrogen-bond donors (Lipinski definition) is 1. The van der Waals surface area contributed by atoms with Gasteiger partial charge < -0.3 is 5.32 Å². The van der Waals surface area contributed by atoms with E-state index in [9.17, 15) is 4.79 Å². The molecule has 16 heavy (non-hydrogen) atoms. The molecule has 1 aromatic heterocycles. The summed E-state index contributed by atoms with van der Waals surface area (Å²) in [5.74, 6) is 0.641. The molecule has 3 heteroatoms. The Kier molecular flexibility index (Phi) is 4.96. The zero-order valence-electron chi connectivity index (χ0n) is 10.2. The average molecular weight is 220 g/mol. The van der Waals surface area contributed by atoms with E-state index in [0.29, 0.717) is 11.5 Å². The van der Waals surface area contributed by atoms with E-state index in [1.807, 2.05) is 6.92 Å². The third-order valence-corrected chi connectivity index (χ3v) is 2.48. The number of nitrogens with one attached hydrogen (secondary N) is 1. The first-order valence-corrected chi connectivity index (χ1v) is 5.80. The van der Waals surface area contributed by atoms with E-state index in [1.54, 1.807) is 24.5 Å². The molecule has 1 unspecified atom stereocenters. The van der Waals surface area contributed by atoms with Crippen molar-refractivity contribution in [3.8, 4) is 0 Å². The monoisotopic (exact) mass is 220 g/mol. The van der Waals surface area contributed by atoms with E-state index in [4.69, 9.17) is 0 Å². The van der Waals surface area contributed by atoms with Gasteiger partial charge in [0.05, 0.1) is 5.56 Å². The van der Waals surface area contributed by atoms with Crippen molar-refractivity contribution < 1.29 is 4.79 Å². The second kappa shape index (κ2) is 6.26. The Morgan fingerprint density at radius 3 is 2.69 bits per heavy atom. The fourth-order valence-corrected chi connectivity index (χ4v) is 1.46. The minimum absolute atomic E-state index is 0.0376. The number of pyridine rings is 1. The van der Waals surface area contributed by atoms with Crippen LogP contribution in [0.2, 0.25) is 0 Å². The number of aromatic nitrogens is 1. The molecule has 0 bridgehead atoms. The first kappa shape index (κ1) is 12.7. The van der Waals surface area contributed by atoms with Crippen molar-refractivity contribution in [2.75, 3.05) is 0 Å². The third kappa shape index (κ3) is 4.43. The lowest BCUT2D eigenvalue weighted by Crippen LogP contribution is -2.32. The van der Waals surface area contributed by atoms with Gasteiger partial charge in [-0.3, -0.25) is 9.78 Å². The maximum absolute atomic E-state index is 11.7. The molecule has 0 aliphatic heterocycles. The second-order valence-corrected chi connectivity index (χ2v) is 4.59. The molecule has 1 amide bonds. The lowest BCUT2D eigenvalue weighted by molar-refractivity contribution is 0.0937. The fraction of sp³-hybridized carbons (Fsp3) is 0.538. The zero-order valence-corrected chi connectivity index (χ0v) is 10.2. The highest BCUT2D eigenvalue weighted by atomic mass is 16.1. The van der Waals surface area contributed by atoms with Crippen LogP contribution in [0.5, 0.6) is 0 Å². The van der Waals surface area contributed by atoms with Crippen molar-refractivity contribution in [3.63, 3.8) is 0 Å². The van der Waals surface area contributed by atoms with Gasteiger partial charge in [-0.1, -0.05) is 13.8 Å². The molecular formula is C13H20N2O. The van der Waals surface area contributed by atoms with Crippen molar-refractivity contribution in [1.82, 2.24) is 10.3 Å². The Bertz CT molecular complexity index is 322. The number of carbonyl (C=O) groups is 1. The summed E-state index contributed by atoms with van der Waals surface area (Å²) in [7, 11) is 0. The molecule has 0 spiro atoms. The van der Waals surface area contributed by atoms with Crippen molar-refractivity contribution in [2.45, 2.75) is 39.7 Å². The molecule has 0 saturated carbocycles. The van der Waals surface area contributed by atoms with E-state index in [0.717, 1.165) is 12.8 Å². The highest BCUT2D eigenvalue weighted by molar-refractivity contribution is 5.93. The Morgan fingerprint density at radius 1 is 1.38 bits per heavy atom. The number of nitrogens with zero attached hydrogens (tertiary/aromatic N) is 1. The van der Waals surface area contributed by atoms with Gasteiger partial charge in [0.2, 0.25) is 0 Å². The smallest absolute Gasteiger partial charge is 0.253 e. The van der Waals surface area contributed by atoms with Crippen LogP contribution >= 0.6 is 0 Å². The van der Waals surface area contributed by atoms with Crippen LogP contribution in [0.15, 0.2) is 24.5 Å². The lowest BCUT2D eigenvalue weighted by Gasteiger charge is -2.14. The summed E-state index contributed by atoms with van der Waals surface area (Å²) in [6, 6.07) is 3.76. The minimum atomic E-state index is -0.0376. The van der Waals surface area contributed by atoms with Crippen LogP contribution in [0, 0.1) is 5.92 Å². The van der Waals surface area contributed by atoms with Crippen molar-refractivity contribution >= 4 is 5.91 Å². The largest absolute Gasteiger partial charge is 0.350 e. The standard InChI is InChI=1S/C13H20N2O/c1-10(2)6-7-11(3)15-13(16)12-5-4-8-14-9-12/h4-5,8-11H,6-7H2,1-3H3,(H,15,16). The molecule has 0 fully saturated rings. The van der Waals surface area contributed by atoms with Crippen molar-refractivity contribution in [2.24, 2.45) is 5.92 Å². The number of carbonyl (C=O) groups excluding carboxylic acids is 1. The topological polar surface area (TPSA) is 42.0 Å². The summed E-state index contributed by atoms with van der Waals surface area (Å²) in [5, 5.41) is 2.97. The van der Waals surface area contributed by atoms with Crippen molar-refractivity contribution in [3.05, 3.63) is 30.1 Å². The molecule has 1 N–H and O–H groups in total. The molecule has 3 nitrogen and oxygen atoms in total.